The first-order valence-electron chi connectivity index (χ1n) is 8.93. The van der Waals surface area contributed by atoms with E-state index in [1.807, 2.05) is 4.90 Å². The molecule has 0 aromatic heterocycles. The lowest BCUT2D eigenvalue weighted by atomic mass is 9.90. The highest BCUT2D eigenvalue weighted by Crippen LogP contribution is 2.22. The number of piperidine rings is 2. The Morgan fingerprint density at radius 1 is 1.09 bits per heavy atom. The number of likely N-dealkylation sites (tertiary alicyclic amines) is 2. The fourth-order valence-electron chi connectivity index (χ4n) is 3.80. The average molecular weight is 316 g/mol. The van der Waals surface area contributed by atoms with E-state index in [1.54, 1.807) is 0 Å². The molecule has 2 aliphatic rings. The van der Waals surface area contributed by atoms with Gasteiger partial charge in [-0.15, -0.1) is 0 Å². The number of nitrogens with zero attached hydrogens (tertiary/aromatic N) is 2. The zero-order chi connectivity index (χ0) is 16.1. The monoisotopic (exact) mass is 316 g/mol. The van der Waals surface area contributed by atoms with Crippen LogP contribution in [0.25, 0.3) is 0 Å². The highest BCUT2D eigenvalue weighted by molar-refractivity contribution is 5.78. The van der Waals surface area contributed by atoms with E-state index in [0.29, 0.717) is 19.0 Å². The van der Waals surface area contributed by atoms with Gasteiger partial charge in [0.25, 0.3) is 0 Å². The first-order valence-corrected chi connectivity index (χ1v) is 8.93. The Balaban J connectivity index is 1.42. The van der Waals surface area contributed by atoms with E-state index < -0.39 is 0 Å². The van der Waals surface area contributed by atoms with Crippen molar-refractivity contribution in [3.8, 4) is 0 Å². The van der Waals surface area contributed by atoms with Crippen molar-refractivity contribution in [3.05, 3.63) is 35.9 Å². The fourth-order valence-corrected chi connectivity index (χ4v) is 3.80. The highest BCUT2D eigenvalue weighted by atomic mass is 16.3. The van der Waals surface area contributed by atoms with E-state index in [1.165, 1.54) is 5.56 Å². The average Bonchev–Trinajstić information content (AvgIpc) is 2.56. The summed E-state index contributed by atoms with van der Waals surface area (Å²) >= 11 is 0. The molecule has 2 saturated heterocycles. The molecule has 0 aliphatic carbocycles. The Morgan fingerprint density at radius 2 is 1.83 bits per heavy atom. The van der Waals surface area contributed by atoms with Crippen LogP contribution in [0.5, 0.6) is 0 Å². The van der Waals surface area contributed by atoms with Crippen molar-refractivity contribution in [2.45, 2.75) is 38.2 Å². The maximum absolute atomic E-state index is 12.4. The van der Waals surface area contributed by atoms with Gasteiger partial charge in [0.05, 0.1) is 12.6 Å². The summed E-state index contributed by atoms with van der Waals surface area (Å²) in [5.41, 5.74) is 1.40. The third kappa shape index (κ3) is 4.79. The maximum atomic E-state index is 12.4. The molecule has 0 radical (unpaired) electrons. The molecule has 1 aromatic carbocycles. The van der Waals surface area contributed by atoms with Gasteiger partial charge in [0.1, 0.15) is 0 Å². The molecule has 4 nitrogen and oxygen atoms in total. The Hall–Kier alpha value is -1.39. The van der Waals surface area contributed by atoms with Crippen LogP contribution in [0.1, 0.15) is 31.2 Å². The number of amides is 1. The molecule has 23 heavy (non-hydrogen) atoms. The van der Waals surface area contributed by atoms with Gasteiger partial charge in [-0.05, 0) is 50.1 Å². The van der Waals surface area contributed by atoms with Crippen LogP contribution < -0.4 is 0 Å². The number of benzene rings is 1. The molecule has 3 rings (SSSR count). The van der Waals surface area contributed by atoms with Gasteiger partial charge in [-0.25, -0.2) is 0 Å². The molecule has 126 valence electrons. The Morgan fingerprint density at radius 3 is 2.52 bits per heavy atom. The molecule has 2 aliphatic heterocycles. The predicted octanol–water partition coefficient (Wildman–Crippen LogP) is 1.92. The summed E-state index contributed by atoms with van der Waals surface area (Å²) in [6, 6.07) is 10.6. The lowest BCUT2D eigenvalue weighted by Gasteiger charge is -2.35. The summed E-state index contributed by atoms with van der Waals surface area (Å²) in [7, 11) is 0. The summed E-state index contributed by atoms with van der Waals surface area (Å²) in [6.07, 6.45) is 4.94. The SMILES string of the molecule is O=C(CN1CCCC(O)C1)N1CCC(Cc2ccccc2)CC1. The smallest absolute Gasteiger partial charge is 0.236 e. The van der Waals surface area contributed by atoms with Crippen molar-refractivity contribution in [2.75, 3.05) is 32.7 Å². The third-order valence-corrected chi connectivity index (χ3v) is 5.17. The van der Waals surface area contributed by atoms with E-state index in [-0.39, 0.29) is 12.0 Å². The van der Waals surface area contributed by atoms with E-state index >= 15 is 0 Å². The summed E-state index contributed by atoms with van der Waals surface area (Å²) < 4.78 is 0. The minimum Gasteiger partial charge on any atom is -0.392 e. The van der Waals surface area contributed by atoms with E-state index in [2.05, 4.69) is 35.2 Å². The van der Waals surface area contributed by atoms with Crippen molar-refractivity contribution < 1.29 is 9.90 Å². The van der Waals surface area contributed by atoms with Gasteiger partial charge in [-0.3, -0.25) is 9.69 Å². The molecule has 1 unspecified atom stereocenters. The van der Waals surface area contributed by atoms with Crippen LogP contribution in [-0.4, -0.2) is 59.6 Å². The number of aliphatic hydroxyl groups excluding tert-OH is 1. The van der Waals surface area contributed by atoms with Crippen LogP contribution in [0.2, 0.25) is 0 Å². The van der Waals surface area contributed by atoms with Crippen molar-refractivity contribution in [2.24, 2.45) is 5.92 Å². The van der Waals surface area contributed by atoms with Gasteiger partial charge in [-0.2, -0.15) is 0 Å². The highest BCUT2D eigenvalue weighted by Gasteiger charge is 2.26. The van der Waals surface area contributed by atoms with E-state index in [9.17, 15) is 9.90 Å². The lowest BCUT2D eigenvalue weighted by molar-refractivity contribution is -0.134. The van der Waals surface area contributed by atoms with Crippen LogP contribution in [0.4, 0.5) is 0 Å². The lowest BCUT2D eigenvalue weighted by Crippen LogP contribution is -2.47. The first kappa shape index (κ1) is 16.5. The van der Waals surface area contributed by atoms with Gasteiger partial charge in [0, 0.05) is 19.6 Å². The van der Waals surface area contributed by atoms with Crippen molar-refractivity contribution >= 4 is 5.91 Å². The standard InChI is InChI=1S/C19H28N2O2/c22-18-7-4-10-20(14-18)15-19(23)21-11-8-17(9-12-21)13-16-5-2-1-3-6-16/h1-3,5-6,17-18,22H,4,7-15H2. The number of β-amino-alcohol motifs (C(OH)–C–C–N with tert-alkyl or cyclic N) is 1. The summed E-state index contributed by atoms with van der Waals surface area (Å²) in [4.78, 5) is 16.6. The van der Waals surface area contributed by atoms with Crippen molar-refractivity contribution in [3.63, 3.8) is 0 Å². The van der Waals surface area contributed by atoms with Crippen LogP contribution in [0.15, 0.2) is 30.3 Å². The van der Waals surface area contributed by atoms with Crippen LogP contribution >= 0.6 is 0 Å². The second-order valence-electron chi connectivity index (χ2n) is 7.05. The third-order valence-electron chi connectivity index (χ3n) is 5.17. The second kappa shape index (κ2) is 7.93. The molecule has 0 bridgehead atoms. The predicted molar refractivity (Wildman–Crippen MR) is 91.1 cm³/mol. The second-order valence-corrected chi connectivity index (χ2v) is 7.05. The molecule has 1 aromatic rings. The quantitative estimate of drug-likeness (QED) is 0.923. The molecular formula is C19H28N2O2. The van der Waals surface area contributed by atoms with Crippen LogP contribution in [-0.2, 0) is 11.2 Å². The van der Waals surface area contributed by atoms with Crippen molar-refractivity contribution in [1.82, 2.24) is 9.80 Å². The minimum atomic E-state index is -0.256. The Kier molecular flexibility index (Phi) is 5.68. The molecule has 0 spiro atoms. The van der Waals surface area contributed by atoms with Gasteiger partial charge in [0.15, 0.2) is 0 Å². The topological polar surface area (TPSA) is 43.8 Å². The molecule has 0 saturated carbocycles. The van der Waals surface area contributed by atoms with Crippen molar-refractivity contribution in [1.29, 1.82) is 0 Å². The molecular weight excluding hydrogens is 288 g/mol. The van der Waals surface area contributed by atoms with E-state index in [0.717, 1.165) is 51.7 Å². The number of carbonyl (C=O) groups excluding carboxylic acids is 1. The molecule has 1 N–H and O–H groups in total. The molecule has 1 atom stereocenters. The Labute approximate surface area is 139 Å². The van der Waals surface area contributed by atoms with Gasteiger partial charge in [0.2, 0.25) is 5.91 Å². The number of rotatable bonds is 4. The largest absolute Gasteiger partial charge is 0.392 e. The summed E-state index contributed by atoms with van der Waals surface area (Å²) in [6.45, 7) is 3.82. The molecule has 2 fully saturated rings. The van der Waals surface area contributed by atoms with Gasteiger partial charge in [-0.1, -0.05) is 30.3 Å². The maximum Gasteiger partial charge on any atom is 0.236 e. The van der Waals surface area contributed by atoms with Crippen LogP contribution in [0, 0.1) is 5.92 Å². The summed E-state index contributed by atoms with van der Waals surface area (Å²) in [5.74, 6) is 0.926. The number of hydrogen-bond donors (Lipinski definition) is 1. The zero-order valence-electron chi connectivity index (χ0n) is 13.9. The summed E-state index contributed by atoms with van der Waals surface area (Å²) in [5, 5.41) is 9.71. The molecule has 2 heterocycles. The molecule has 4 heteroatoms. The first-order chi connectivity index (χ1) is 11.2. The minimum absolute atomic E-state index is 0.234. The number of carbonyl (C=O) groups is 1. The van der Waals surface area contributed by atoms with Crippen LogP contribution in [0.3, 0.4) is 0 Å². The van der Waals surface area contributed by atoms with Gasteiger partial charge < -0.3 is 10.0 Å². The number of aliphatic hydroxyl groups is 1. The fraction of sp³-hybridized carbons (Fsp3) is 0.632. The Bertz CT molecular complexity index is 497. The van der Waals surface area contributed by atoms with Gasteiger partial charge >= 0.3 is 0 Å². The number of hydrogen-bond acceptors (Lipinski definition) is 3. The zero-order valence-corrected chi connectivity index (χ0v) is 13.9. The molecule has 1 amide bonds. The normalized spacial score (nSPS) is 23.9. The van der Waals surface area contributed by atoms with E-state index in [4.69, 9.17) is 0 Å².